The lowest BCUT2D eigenvalue weighted by Crippen LogP contribution is -2.46. The maximum absolute atomic E-state index is 13.4. The van der Waals surface area contributed by atoms with Gasteiger partial charge in [-0.15, -0.1) is 11.3 Å². The number of ether oxygens (including phenoxy) is 1. The molecule has 9 heteroatoms. The second-order valence-electron chi connectivity index (χ2n) is 6.16. The molecular weight excluding hydrogens is 381 g/mol. The molecule has 1 aromatic carbocycles. The van der Waals surface area contributed by atoms with Gasteiger partial charge in [0, 0.05) is 24.7 Å². The minimum Gasteiger partial charge on any atom is -0.494 e. The van der Waals surface area contributed by atoms with E-state index in [-0.39, 0.29) is 6.54 Å². The van der Waals surface area contributed by atoms with Crippen LogP contribution in [0.3, 0.4) is 0 Å². The third-order valence-electron chi connectivity index (χ3n) is 3.92. The van der Waals surface area contributed by atoms with Crippen molar-refractivity contribution in [3.05, 3.63) is 46.4 Å². The Morgan fingerprint density at radius 2 is 1.96 bits per heavy atom. The molecule has 2 rings (SSSR count). The first-order chi connectivity index (χ1) is 12.6. The Morgan fingerprint density at radius 1 is 1.30 bits per heavy atom. The normalized spacial score (nSPS) is 13.9. The van der Waals surface area contributed by atoms with Crippen molar-refractivity contribution in [2.45, 2.75) is 31.5 Å². The molecule has 1 N–H and O–H groups in total. The molecule has 1 atom stereocenters. The Hall–Kier alpha value is -2.13. The fourth-order valence-corrected chi connectivity index (χ4v) is 3.24. The van der Waals surface area contributed by atoms with Crippen LogP contribution < -0.4 is 4.74 Å². The zero-order valence-electron chi connectivity index (χ0n) is 15.0. The fraction of sp³-hybridized carbons (Fsp3) is 0.444. The van der Waals surface area contributed by atoms with Gasteiger partial charge in [-0.3, -0.25) is 4.79 Å². The van der Waals surface area contributed by atoms with Crippen LogP contribution in [0.25, 0.3) is 0 Å². The maximum atomic E-state index is 13.4. The summed E-state index contributed by atoms with van der Waals surface area (Å²) in [6.07, 6.45) is -5.68. The van der Waals surface area contributed by atoms with E-state index in [1.165, 1.54) is 19.4 Å². The summed E-state index contributed by atoms with van der Waals surface area (Å²) in [7, 11) is 1.40. The summed E-state index contributed by atoms with van der Waals surface area (Å²) in [6.45, 7) is 2.05. The molecule has 27 heavy (non-hydrogen) atoms. The van der Waals surface area contributed by atoms with Crippen molar-refractivity contribution in [3.63, 3.8) is 0 Å². The quantitative estimate of drug-likeness (QED) is 0.687. The molecule has 0 bridgehead atoms. The molecular formula is C18H21F3N2O3S. The van der Waals surface area contributed by atoms with E-state index in [1.54, 1.807) is 12.1 Å². The van der Waals surface area contributed by atoms with E-state index in [0.717, 1.165) is 4.90 Å². The molecule has 0 saturated carbocycles. The molecule has 2 aromatic rings. The van der Waals surface area contributed by atoms with Gasteiger partial charge in [0.1, 0.15) is 10.8 Å². The molecule has 1 heterocycles. The van der Waals surface area contributed by atoms with Gasteiger partial charge >= 0.3 is 6.18 Å². The molecule has 148 valence electrons. The van der Waals surface area contributed by atoms with Crippen molar-refractivity contribution in [3.8, 4) is 5.75 Å². The zero-order valence-corrected chi connectivity index (χ0v) is 15.8. The molecule has 5 nitrogen and oxygen atoms in total. The average Bonchev–Trinajstić information content (AvgIpc) is 3.05. The van der Waals surface area contributed by atoms with E-state index in [9.17, 15) is 23.1 Å². The van der Waals surface area contributed by atoms with Crippen LogP contribution in [0, 0.1) is 6.92 Å². The van der Waals surface area contributed by atoms with E-state index in [2.05, 4.69) is 4.98 Å². The van der Waals surface area contributed by atoms with Gasteiger partial charge in [0.25, 0.3) is 0 Å². The number of hydrogen-bond acceptors (Lipinski definition) is 5. The molecule has 1 aromatic heterocycles. The van der Waals surface area contributed by atoms with Crippen LogP contribution in [0.1, 0.15) is 23.5 Å². The fourth-order valence-electron chi connectivity index (χ4n) is 2.33. The standard InChI is InChI=1S/C18H21F3N2O3S/c1-13-12-27-16(22-13)17(25,18(19,20)21)11-15(24)23(2)9-6-10-26-14-7-4-3-5-8-14/h3-5,7-8,12,25H,6,9-11H2,1-2H3. The Kier molecular flexibility index (Phi) is 6.83. The summed E-state index contributed by atoms with van der Waals surface area (Å²) < 4.78 is 45.8. The van der Waals surface area contributed by atoms with Crippen molar-refractivity contribution in [1.29, 1.82) is 0 Å². The van der Waals surface area contributed by atoms with Crippen molar-refractivity contribution >= 4 is 17.2 Å². The number of amides is 1. The Labute approximate surface area is 159 Å². The third kappa shape index (κ3) is 5.43. The highest BCUT2D eigenvalue weighted by Crippen LogP contribution is 2.43. The van der Waals surface area contributed by atoms with Gasteiger partial charge < -0.3 is 14.7 Å². The molecule has 0 saturated heterocycles. The topological polar surface area (TPSA) is 62.7 Å². The maximum Gasteiger partial charge on any atom is 0.424 e. The smallest absolute Gasteiger partial charge is 0.424 e. The van der Waals surface area contributed by atoms with Gasteiger partial charge in [0.15, 0.2) is 0 Å². The van der Waals surface area contributed by atoms with Crippen LogP contribution in [0.4, 0.5) is 13.2 Å². The van der Waals surface area contributed by atoms with Crippen LogP contribution in [0.15, 0.2) is 35.7 Å². The number of carbonyl (C=O) groups excluding carboxylic acids is 1. The predicted octanol–water partition coefficient (Wildman–Crippen LogP) is 3.52. The zero-order chi connectivity index (χ0) is 20.1. The molecule has 1 amide bonds. The summed E-state index contributed by atoms with van der Waals surface area (Å²) in [6, 6.07) is 9.07. The number of para-hydroxylation sites is 1. The number of nitrogens with zero attached hydrogens (tertiary/aromatic N) is 2. The van der Waals surface area contributed by atoms with Crippen LogP contribution in [-0.2, 0) is 10.4 Å². The summed E-state index contributed by atoms with van der Waals surface area (Å²) in [5, 5.41) is 11.1. The number of benzene rings is 1. The lowest BCUT2D eigenvalue weighted by atomic mass is 9.99. The molecule has 0 aliphatic rings. The first-order valence-corrected chi connectivity index (χ1v) is 9.15. The second-order valence-corrected chi connectivity index (χ2v) is 7.02. The lowest BCUT2D eigenvalue weighted by Gasteiger charge is -2.29. The average molecular weight is 402 g/mol. The number of carbonyl (C=O) groups is 1. The van der Waals surface area contributed by atoms with E-state index in [0.29, 0.717) is 35.8 Å². The molecule has 0 radical (unpaired) electrons. The lowest BCUT2D eigenvalue weighted by molar-refractivity contribution is -0.268. The van der Waals surface area contributed by atoms with Crippen molar-refractivity contribution in [1.82, 2.24) is 9.88 Å². The minimum atomic E-state index is -5.01. The highest BCUT2D eigenvalue weighted by Gasteiger charge is 2.58. The molecule has 1 unspecified atom stereocenters. The number of halogens is 3. The number of thiazole rings is 1. The Morgan fingerprint density at radius 3 is 2.52 bits per heavy atom. The molecule has 0 spiro atoms. The van der Waals surface area contributed by atoms with E-state index >= 15 is 0 Å². The molecule has 0 aliphatic heterocycles. The summed E-state index contributed by atoms with van der Waals surface area (Å²) in [5.41, 5.74) is -2.94. The van der Waals surface area contributed by atoms with Crippen molar-refractivity contribution < 1.29 is 27.8 Å². The van der Waals surface area contributed by atoms with E-state index in [4.69, 9.17) is 4.74 Å². The SMILES string of the molecule is Cc1csc(C(O)(CC(=O)N(C)CCCOc2ccccc2)C(F)(F)F)n1. The number of hydrogen-bond donors (Lipinski definition) is 1. The van der Waals surface area contributed by atoms with Gasteiger partial charge in [-0.2, -0.15) is 13.2 Å². The van der Waals surface area contributed by atoms with Crippen LogP contribution in [0.2, 0.25) is 0 Å². The number of alkyl halides is 3. The summed E-state index contributed by atoms with van der Waals surface area (Å²) >= 11 is 0.684. The Balaban J connectivity index is 1.92. The van der Waals surface area contributed by atoms with E-state index in [1.807, 2.05) is 18.2 Å². The minimum absolute atomic E-state index is 0.205. The molecule has 0 aliphatic carbocycles. The van der Waals surface area contributed by atoms with Crippen molar-refractivity contribution in [2.75, 3.05) is 20.2 Å². The Bertz CT molecular complexity index is 752. The summed E-state index contributed by atoms with van der Waals surface area (Å²) in [4.78, 5) is 17.1. The summed E-state index contributed by atoms with van der Waals surface area (Å²) in [5.74, 6) is -0.139. The highest BCUT2D eigenvalue weighted by atomic mass is 32.1. The first-order valence-electron chi connectivity index (χ1n) is 8.27. The third-order valence-corrected chi connectivity index (χ3v) is 5.04. The van der Waals surface area contributed by atoms with Gasteiger partial charge in [-0.05, 0) is 25.5 Å². The molecule has 0 fully saturated rings. The predicted molar refractivity (Wildman–Crippen MR) is 95.6 cm³/mol. The number of aryl methyl sites for hydroxylation is 1. The van der Waals surface area contributed by atoms with E-state index < -0.39 is 29.1 Å². The van der Waals surface area contributed by atoms with Gasteiger partial charge in [0.2, 0.25) is 11.5 Å². The first kappa shape index (κ1) is 21.2. The van der Waals surface area contributed by atoms with Gasteiger partial charge in [0.05, 0.1) is 13.0 Å². The highest BCUT2D eigenvalue weighted by molar-refractivity contribution is 7.09. The van der Waals surface area contributed by atoms with Gasteiger partial charge in [-0.25, -0.2) is 4.98 Å². The van der Waals surface area contributed by atoms with Crippen molar-refractivity contribution in [2.24, 2.45) is 0 Å². The van der Waals surface area contributed by atoms with Crippen LogP contribution >= 0.6 is 11.3 Å². The van der Waals surface area contributed by atoms with Crippen LogP contribution in [0.5, 0.6) is 5.75 Å². The number of rotatable bonds is 8. The largest absolute Gasteiger partial charge is 0.494 e. The van der Waals surface area contributed by atoms with Crippen LogP contribution in [-0.4, -0.2) is 47.3 Å². The number of aliphatic hydroxyl groups is 1. The number of aromatic nitrogens is 1. The second kappa shape index (κ2) is 8.71. The van der Waals surface area contributed by atoms with Gasteiger partial charge in [-0.1, -0.05) is 18.2 Å². The monoisotopic (exact) mass is 402 g/mol.